The van der Waals surface area contributed by atoms with Crippen LogP contribution in [0.3, 0.4) is 0 Å². The highest BCUT2D eigenvalue weighted by Crippen LogP contribution is 2.27. The number of ether oxygens (including phenoxy) is 1. The average Bonchev–Trinajstić information content (AvgIpc) is 3.23. The van der Waals surface area contributed by atoms with Crippen molar-refractivity contribution in [2.24, 2.45) is 7.05 Å². The molecule has 0 aliphatic heterocycles. The topological polar surface area (TPSA) is 101 Å². The van der Waals surface area contributed by atoms with Crippen LogP contribution in [-0.4, -0.2) is 29.8 Å². The number of benzene rings is 1. The average molecular weight is 421 g/mol. The van der Waals surface area contributed by atoms with Crippen LogP contribution in [0.2, 0.25) is 5.02 Å². The molecule has 8 nitrogen and oxygen atoms in total. The Hall–Kier alpha value is -3.40. The first kappa shape index (κ1) is 18.9. The van der Waals surface area contributed by atoms with Gasteiger partial charge in [-0.1, -0.05) is 11.6 Å². The van der Waals surface area contributed by atoms with E-state index in [0.29, 0.717) is 5.52 Å². The van der Waals surface area contributed by atoms with Crippen molar-refractivity contribution in [3.8, 4) is 11.8 Å². The maximum atomic E-state index is 14.4. The maximum Gasteiger partial charge on any atom is 0.293 e. The number of halogens is 3. The van der Waals surface area contributed by atoms with Crippen LogP contribution in [0.15, 0.2) is 30.6 Å². The van der Waals surface area contributed by atoms with Gasteiger partial charge in [0, 0.05) is 43.0 Å². The van der Waals surface area contributed by atoms with Crippen LogP contribution in [-0.2, 0) is 20.2 Å². The number of aryl methyl sites for hydroxylation is 1. The summed E-state index contributed by atoms with van der Waals surface area (Å²) in [5.74, 6) is -1.29. The zero-order valence-electron chi connectivity index (χ0n) is 15.1. The predicted octanol–water partition coefficient (Wildman–Crippen LogP) is 3.52. The van der Waals surface area contributed by atoms with Crippen LogP contribution in [0.4, 0.5) is 14.6 Å². The smallest absolute Gasteiger partial charge is 0.293 e. The van der Waals surface area contributed by atoms with Crippen molar-refractivity contribution < 1.29 is 18.6 Å². The van der Waals surface area contributed by atoms with Gasteiger partial charge in [-0.15, -0.1) is 0 Å². The van der Waals surface area contributed by atoms with Gasteiger partial charge in [0.2, 0.25) is 0 Å². The van der Waals surface area contributed by atoms with Crippen LogP contribution in [0, 0.1) is 11.6 Å². The molecule has 0 unspecified atom stereocenters. The van der Waals surface area contributed by atoms with E-state index < -0.39 is 11.6 Å². The van der Waals surface area contributed by atoms with Crippen molar-refractivity contribution in [3.05, 3.63) is 58.4 Å². The number of nitrogens with one attached hydrogen (secondary N) is 2. The summed E-state index contributed by atoms with van der Waals surface area (Å²) >= 11 is 6.12. The predicted molar refractivity (Wildman–Crippen MR) is 102 cm³/mol. The number of fused-ring (bicyclic) bond motifs is 1. The van der Waals surface area contributed by atoms with E-state index in [-0.39, 0.29) is 47.0 Å². The highest BCUT2D eigenvalue weighted by molar-refractivity contribution is 6.33. The first-order valence-electron chi connectivity index (χ1n) is 8.46. The summed E-state index contributed by atoms with van der Waals surface area (Å²) in [6, 6.07) is 3.42. The highest BCUT2D eigenvalue weighted by Gasteiger charge is 2.15. The molecule has 3 aromatic heterocycles. The van der Waals surface area contributed by atoms with E-state index in [1.165, 1.54) is 6.07 Å². The summed E-state index contributed by atoms with van der Waals surface area (Å²) in [6.07, 6.45) is 3.36. The first-order chi connectivity index (χ1) is 13.9. The normalized spacial score (nSPS) is 11.2. The lowest BCUT2D eigenvalue weighted by Gasteiger charge is -2.11. The standard InChI is InChI=1S/C18H15ClF2N6O2/c1-27-7-9(5-23-27)8-29-10-2-13(20)11(14(21)3-10)6-22-16-12(19)4-15-17(25-16)26-18(28)24-15/h2-5,7H,6,8H2,1H3,(H3,22,24,25,26,28). The minimum atomic E-state index is -0.770. The fourth-order valence-electron chi connectivity index (χ4n) is 2.75. The zero-order valence-corrected chi connectivity index (χ0v) is 15.8. The second-order valence-corrected chi connectivity index (χ2v) is 6.69. The molecule has 4 aromatic rings. The Morgan fingerprint density at radius 3 is 2.69 bits per heavy atom. The van der Waals surface area contributed by atoms with Crippen molar-refractivity contribution in [3.63, 3.8) is 0 Å². The molecule has 1 aromatic carbocycles. The maximum absolute atomic E-state index is 14.4. The monoisotopic (exact) mass is 420 g/mol. The van der Waals surface area contributed by atoms with Gasteiger partial charge in [0.15, 0.2) is 5.65 Å². The van der Waals surface area contributed by atoms with Gasteiger partial charge in [0.05, 0.1) is 16.7 Å². The van der Waals surface area contributed by atoms with Gasteiger partial charge in [-0.25, -0.2) is 13.8 Å². The third kappa shape index (κ3) is 4.06. The molecular weight excluding hydrogens is 406 g/mol. The number of hydrogen-bond acceptors (Lipinski definition) is 6. The molecule has 11 heteroatoms. The Balaban J connectivity index is 1.48. The molecule has 0 saturated carbocycles. The number of rotatable bonds is 6. The molecule has 0 saturated heterocycles. The van der Waals surface area contributed by atoms with E-state index in [1.54, 1.807) is 24.1 Å². The van der Waals surface area contributed by atoms with Gasteiger partial charge in [-0.05, 0) is 6.07 Å². The minimum absolute atomic E-state index is 0.0668. The molecule has 29 heavy (non-hydrogen) atoms. The quantitative estimate of drug-likeness (QED) is 0.441. The third-order valence-electron chi connectivity index (χ3n) is 4.13. The van der Waals surface area contributed by atoms with E-state index in [9.17, 15) is 13.9 Å². The van der Waals surface area contributed by atoms with Crippen molar-refractivity contribution in [1.82, 2.24) is 24.7 Å². The van der Waals surface area contributed by atoms with Crippen molar-refractivity contribution in [1.29, 1.82) is 0 Å². The molecule has 150 valence electrons. The molecule has 0 spiro atoms. The molecule has 0 atom stereocenters. The lowest BCUT2D eigenvalue weighted by atomic mass is 10.2. The van der Waals surface area contributed by atoms with Gasteiger partial charge in [0.1, 0.15) is 29.8 Å². The Morgan fingerprint density at radius 2 is 2.00 bits per heavy atom. The van der Waals surface area contributed by atoms with Gasteiger partial charge in [-0.3, -0.25) is 4.68 Å². The number of nitrogens with zero attached hydrogens (tertiary/aromatic N) is 4. The lowest BCUT2D eigenvalue weighted by molar-refractivity contribution is 0.302. The molecule has 0 bridgehead atoms. The van der Waals surface area contributed by atoms with Crippen LogP contribution in [0.5, 0.6) is 11.8 Å². The molecule has 0 aliphatic carbocycles. The second kappa shape index (κ2) is 7.55. The number of anilines is 1. The third-order valence-corrected chi connectivity index (χ3v) is 4.41. The van der Waals surface area contributed by atoms with Crippen molar-refractivity contribution in [2.45, 2.75) is 13.2 Å². The fourth-order valence-corrected chi connectivity index (χ4v) is 2.96. The number of aromatic amines is 1. The molecule has 3 N–H and O–H groups in total. The molecule has 4 rings (SSSR count). The van der Waals surface area contributed by atoms with Gasteiger partial charge in [0.25, 0.3) is 6.01 Å². The van der Waals surface area contributed by atoms with E-state index in [4.69, 9.17) is 16.3 Å². The van der Waals surface area contributed by atoms with E-state index in [0.717, 1.165) is 17.7 Å². The Bertz CT molecular complexity index is 1170. The Labute approximate surface area is 168 Å². The number of pyridine rings is 1. The molecular formula is C18H15ClF2N6O2. The SMILES string of the molecule is Cn1cc(COc2cc(F)c(CNc3nc4nc(O)[nH]c4cc3Cl)c(F)c2)cn1. The fraction of sp³-hybridized carbons (Fsp3) is 0.167. The molecule has 0 radical (unpaired) electrons. The van der Waals surface area contributed by atoms with Gasteiger partial charge < -0.3 is 20.1 Å². The summed E-state index contributed by atoms with van der Waals surface area (Å²) in [7, 11) is 1.76. The number of aromatic nitrogens is 5. The molecule has 0 aliphatic rings. The van der Waals surface area contributed by atoms with Crippen LogP contribution in [0.25, 0.3) is 11.2 Å². The summed E-state index contributed by atoms with van der Waals surface area (Å²) in [4.78, 5) is 10.5. The Kier molecular flexibility index (Phi) is 4.93. The number of aromatic hydroxyl groups is 1. The summed E-state index contributed by atoms with van der Waals surface area (Å²) in [5, 5.41) is 16.4. The largest absolute Gasteiger partial charge is 0.489 e. The van der Waals surface area contributed by atoms with E-state index in [2.05, 4.69) is 25.4 Å². The van der Waals surface area contributed by atoms with E-state index >= 15 is 0 Å². The van der Waals surface area contributed by atoms with Gasteiger partial charge >= 0.3 is 0 Å². The number of imidazole rings is 1. The summed E-state index contributed by atoms with van der Waals surface area (Å²) in [5.41, 5.74) is 1.24. The number of H-pyrrole nitrogens is 1. The van der Waals surface area contributed by atoms with Crippen LogP contribution >= 0.6 is 11.6 Å². The Morgan fingerprint density at radius 1 is 1.24 bits per heavy atom. The number of hydrogen-bond donors (Lipinski definition) is 3. The zero-order chi connectivity index (χ0) is 20.5. The molecule has 0 amide bonds. The first-order valence-corrected chi connectivity index (χ1v) is 8.84. The van der Waals surface area contributed by atoms with Gasteiger partial charge in [-0.2, -0.15) is 10.1 Å². The van der Waals surface area contributed by atoms with Crippen LogP contribution in [0.1, 0.15) is 11.1 Å². The minimum Gasteiger partial charge on any atom is -0.489 e. The summed E-state index contributed by atoms with van der Waals surface area (Å²) < 4.78 is 35.9. The van der Waals surface area contributed by atoms with Crippen LogP contribution < -0.4 is 10.1 Å². The molecule has 3 heterocycles. The molecule has 0 fully saturated rings. The van der Waals surface area contributed by atoms with Crippen molar-refractivity contribution in [2.75, 3.05) is 5.32 Å². The van der Waals surface area contributed by atoms with Crippen molar-refractivity contribution >= 4 is 28.6 Å². The lowest BCUT2D eigenvalue weighted by Crippen LogP contribution is -2.07. The summed E-state index contributed by atoms with van der Waals surface area (Å²) in [6.45, 7) is -0.0600. The highest BCUT2D eigenvalue weighted by atomic mass is 35.5. The second-order valence-electron chi connectivity index (χ2n) is 6.28. The van der Waals surface area contributed by atoms with E-state index in [1.807, 2.05) is 0 Å².